The van der Waals surface area contributed by atoms with Crippen molar-refractivity contribution in [3.63, 3.8) is 0 Å². The zero-order chi connectivity index (χ0) is 13.6. The van der Waals surface area contributed by atoms with Crippen molar-refractivity contribution in [1.29, 1.82) is 5.26 Å². The van der Waals surface area contributed by atoms with Gasteiger partial charge in [0.15, 0.2) is 0 Å². The van der Waals surface area contributed by atoms with Crippen molar-refractivity contribution >= 4 is 15.9 Å². The highest BCUT2D eigenvalue weighted by Gasteiger charge is 2.04. The van der Waals surface area contributed by atoms with Crippen LogP contribution in [0.1, 0.15) is 71.6 Å². The highest BCUT2D eigenvalue weighted by atomic mass is 79.9. The molecule has 0 radical (unpaired) electrons. The first-order valence-corrected chi connectivity index (χ1v) is 7.97. The van der Waals surface area contributed by atoms with Crippen molar-refractivity contribution in [2.24, 2.45) is 0 Å². The van der Waals surface area contributed by atoms with Crippen LogP contribution in [-0.2, 0) is 4.74 Å². The largest absolute Gasteiger partial charge is 0.496 e. The lowest BCUT2D eigenvalue weighted by Gasteiger charge is -2.08. The van der Waals surface area contributed by atoms with Gasteiger partial charge in [0.2, 0.25) is 0 Å². The lowest BCUT2D eigenvalue weighted by Crippen LogP contribution is -1.94. The summed E-state index contributed by atoms with van der Waals surface area (Å²) in [5, 5.41) is 8.82. The van der Waals surface area contributed by atoms with Gasteiger partial charge in [-0.25, -0.2) is 0 Å². The topological polar surface area (TPSA) is 33.0 Å². The average Bonchev–Trinajstić information content (AvgIpc) is 2.39. The van der Waals surface area contributed by atoms with Gasteiger partial charge in [0, 0.05) is 6.42 Å². The molecule has 0 aromatic heterocycles. The third kappa shape index (κ3) is 9.53. The summed E-state index contributed by atoms with van der Waals surface area (Å²) >= 11 is 3.25. The number of rotatable bonds is 11. The normalized spacial score (nSPS) is 11.9. The minimum Gasteiger partial charge on any atom is -0.496 e. The monoisotopic (exact) mass is 315 g/mol. The molecule has 0 amide bonds. The fourth-order valence-electron chi connectivity index (χ4n) is 1.90. The zero-order valence-corrected chi connectivity index (χ0v) is 13.4. The Morgan fingerprint density at radius 1 is 1.00 bits per heavy atom. The van der Waals surface area contributed by atoms with Crippen molar-refractivity contribution in [1.82, 2.24) is 0 Å². The van der Waals surface area contributed by atoms with Crippen LogP contribution in [0.4, 0.5) is 0 Å². The van der Waals surface area contributed by atoms with Gasteiger partial charge in [0.1, 0.15) is 16.3 Å². The van der Waals surface area contributed by atoms with E-state index in [1.807, 2.05) is 6.92 Å². The van der Waals surface area contributed by atoms with E-state index < -0.39 is 0 Å². The molecule has 0 heterocycles. The highest BCUT2D eigenvalue weighted by molar-refractivity contribution is 9.12. The van der Waals surface area contributed by atoms with Gasteiger partial charge in [-0.15, -0.1) is 0 Å². The van der Waals surface area contributed by atoms with Crippen LogP contribution in [0, 0.1) is 11.3 Å². The predicted molar refractivity (Wildman–Crippen MR) is 80.4 cm³/mol. The lowest BCUT2D eigenvalue weighted by molar-refractivity contribution is 0.216. The molecule has 104 valence electrons. The molecule has 0 aliphatic heterocycles. The molecule has 0 saturated carbocycles. The van der Waals surface area contributed by atoms with E-state index in [-0.39, 0.29) is 0 Å². The molecule has 0 rings (SSSR count). The Bertz CT molecular complexity index is 268. The van der Waals surface area contributed by atoms with E-state index in [2.05, 4.69) is 28.9 Å². The first-order valence-electron chi connectivity index (χ1n) is 7.17. The van der Waals surface area contributed by atoms with Gasteiger partial charge in [0.25, 0.3) is 0 Å². The van der Waals surface area contributed by atoms with Crippen LogP contribution in [0.25, 0.3) is 0 Å². The molecule has 0 aliphatic rings. The summed E-state index contributed by atoms with van der Waals surface area (Å²) < 4.78 is 6.01. The second-order valence-electron chi connectivity index (χ2n) is 4.51. The number of allylic oxidation sites excluding steroid dienone is 2. The Morgan fingerprint density at radius 2 is 1.56 bits per heavy atom. The van der Waals surface area contributed by atoms with Gasteiger partial charge in [0.05, 0.1) is 6.61 Å². The van der Waals surface area contributed by atoms with E-state index in [0.29, 0.717) is 11.1 Å². The van der Waals surface area contributed by atoms with Crippen LogP contribution in [0.3, 0.4) is 0 Å². The summed E-state index contributed by atoms with van der Waals surface area (Å²) in [6.07, 6.45) is 11.3. The Hall–Kier alpha value is -0.490. The molecule has 0 aliphatic carbocycles. The van der Waals surface area contributed by atoms with Crippen LogP contribution >= 0.6 is 15.9 Å². The van der Waals surface area contributed by atoms with Gasteiger partial charge in [-0.3, -0.25) is 0 Å². The van der Waals surface area contributed by atoms with Gasteiger partial charge in [-0.1, -0.05) is 51.9 Å². The van der Waals surface area contributed by atoms with Gasteiger partial charge in [-0.2, -0.15) is 5.26 Å². The SMILES string of the molecule is CCCCCCCCCCC(OCC)=C(Br)C#N. The zero-order valence-electron chi connectivity index (χ0n) is 11.8. The molecular weight excluding hydrogens is 290 g/mol. The first-order chi connectivity index (χ1) is 8.76. The van der Waals surface area contributed by atoms with E-state index in [9.17, 15) is 0 Å². The summed E-state index contributed by atoms with van der Waals surface area (Å²) in [6.45, 7) is 4.82. The number of hydrogen-bond acceptors (Lipinski definition) is 2. The first kappa shape index (κ1) is 17.5. The van der Waals surface area contributed by atoms with E-state index in [0.717, 1.165) is 18.6 Å². The van der Waals surface area contributed by atoms with Crippen LogP contribution in [0.15, 0.2) is 10.2 Å². The van der Waals surface area contributed by atoms with Gasteiger partial charge >= 0.3 is 0 Å². The molecule has 18 heavy (non-hydrogen) atoms. The molecule has 0 aromatic carbocycles. The molecule has 0 spiro atoms. The summed E-state index contributed by atoms with van der Waals surface area (Å²) in [5.74, 6) is 0.811. The summed E-state index contributed by atoms with van der Waals surface area (Å²) in [7, 11) is 0. The summed E-state index contributed by atoms with van der Waals surface area (Å²) in [5.41, 5.74) is 0. The quantitative estimate of drug-likeness (QED) is 0.279. The van der Waals surface area contributed by atoms with Crippen LogP contribution < -0.4 is 0 Å². The number of nitriles is 1. The number of nitrogens with zero attached hydrogens (tertiary/aromatic N) is 1. The number of unbranched alkanes of at least 4 members (excludes halogenated alkanes) is 7. The van der Waals surface area contributed by atoms with Crippen molar-refractivity contribution in [2.45, 2.75) is 71.6 Å². The standard InChI is InChI=1S/C15H26BrNO/c1-3-5-6-7-8-9-10-11-12-15(18-4-2)14(16)13-17/h3-12H2,1-2H3. The number of halogens is 1. The molecule has 0 saturated heterocycles. The molecule has 0 fully saturated rings. The second kappa shape index (κ2) is 13.0. The van der Waals surface area contributed by atoms with Crippen molar-refractivity contribution in [2.75, 3.05) is 6.61 Å². The third-order valence-electron chi connectivity index (χ3n) is 2.92. The maximum Gasteiger partial charge on any atom is 0.132 e. The fraction of sp³-hybridized carbons (Fsp3) is 0.800. The molecule has 3 heteroatoms. The van der Waals surface area contributed by atoms with Crippen LogP contribution in [0.2, 0.25) is 0 Å². The average molecular weight is 316 g/mol. The molecule has 2 nitrogen and oxygen atoms in total. The number of hydrogen-bond donors (Lipinski definition) is 0. The Morgan fingerprint density at radius 3 is 2.06 bits per heavy atom. The van der Waals surface area contributed by atoms with Gasteiger partial charge < -0.3 is 4.74 Å². The van der Waals surface area contributed by atoms with E-state index in [4.69, 9.17) is 10.00 Å². The van der Waals surface area contributed by atoms with Crippen molar-refractivity contribution in [3.8, 4) is 6.07 Å². The molecule has 0 atom stereocenters. The van der Waals surface area contributed by atoms with E-state index >= 15 is 0 Å². The summed E-state index contributed by atoms with van der Waals surface area (Å²) in [6, 6.07) is 2.10. The molecule has 0 N–H and O–H groups in total. The summed E-state index contributed by atoms with van der Waals surface area (Å²) in [4.78, 5) is 0. The van der Waals surface area contributed by atoms with E-state index in [1.165, 1.54) is 44.9 Å². The van der Waals surface area contributed by atoms with Crippen LogP contribution in [-0.4, -0.2) is 6.61 Å². The van der Waals surface area contributed by atoms with Crippen molar-refractivity contribution in [3.05, 3.63) is 10.2 Å². The maximum absolute atomic E-state index is 8.82. The van der Waals surface area contributed by atoms with Crippen molar-refractivity contribution < 1.29 is 4.74 Å². The Balaban J connectivity index is 3.60. The smallest absolute Gasteiger partial charge is 0.132 e. The number of ether oxygens (including phenoxy) is 1. The minimum atomic E-state index is 0.548. The maximum atomic E-state index is 8.82. The molecule has 0 aromatic rings. The van der Waals surface area contributed by atoms with Crippen LogP contribution in [0.5, 0.6) is 0 Å². The molecule has 0 unspecified atom stereocenters. The third-order valence-corrected chi connectivity index (χ3v) is 3.54. The Kier molecular flexibility index (Phi) is 12.6. The predicted octanol–water partition coefficient (Wildman–Crippen LogP) is 5.68. The fourth-order valence-corrected chi connectivity index (χ4v) is 2.21. The molecular formula is C15H26BrNO. The molecule has 0 bridgehead atoms. The highest BCUT2D eigenvalue weighted by Crippen LogP contribution is 2.19. The second-order valence-corrected chi connectivity index (χ2v) is 5.30. The Labute approximate surface area is 121 Å². The van der Waals surface area contributed by atoms with E-state index in [1.54, 1.807) is 0 Å². The minimum absolute atomic E-state index is 0.548. The van der Waals surface area contributed by atoms with Gasteiger partial charge in [-0.05, 0) is 29.3 Å². The lowest BCUT2D eigenvalue weighted by atomic mass is 10.1.